The van der Waals surface area contributed by atoms with Gasteiger partial charge in [0.25, 0.3) is 5.56 Å². The number of ether oxygens (including phenoxy) is 2. The van der Waals surface area contributed by atoms with Crippen LogP contribution in [0.2, 0.25) is 0 Å². The summed E-state index contributed by atoms with van der Waals surface area (Å²) in [4.78, 5) is 36.5. The molecule has 0 bridgehead atoms. The summed E-state index contributed by atoms with van der Waals surface area (Å²) >= 11 is 0. The van der Waals surface area contributed by atoms with Gasteiger partial charge in [0, 0.05) is 6.20 Å². The van der Waals surface area contributed by atoms with Gasteiger partial charge in [-0.3, -0.25) is 9.59 Å². The molecule has 7 heteroatoms. The Morgan fingerprint density at radius 3 is 2.67 bits per heavy atom. The van der Waals surface area contributed by atoms with Crippen LogP contribution in [0.3, 0.4) is 0 Å². The van der Waals surface area contributed by atoms with E-state index in [9.17, 15) is 14.4 Å². The van der Waals surface area contributed by atoms with E-state index in [0.717, 1.165) is 29.9 Å². The zero-order chi connectivity index (χ0) is 20.1. The minimum atomic E-state index is -0.686. The van der Waals surface area contributed by atoms with Gasteiger partial charge in [-0.2, -0.15) is 5.26 Å². The predicted octanol–water partition coefficient (Wildman–Crippen LogP) is 2.51. The highest BCUT2D eigenvalue weighted by Crippen LogP contribution is 2.35. The fraction of sp³-hybridized carbons (Fsp3) is 0.600. The van der Waals surface area contributed by atoms with E-state index in [0.29, 0.717) is 11.8 Å². The Bertz CT molecular complexity index is 806. The quantitative estimate of drug-likeness (QED) is 0.735. The number of nitrogens with zero attached hydrogens (tertiary/aromatic N) is 2. The van der Waals surface area contributed by atoms with Crippen LogP contribution in [-0.4, -0.2) is 29.7 Å². The number of hydrogen-bond acceptors (Lipinski definition) is 6. The van der Waals surface area contributed by atoms with Crippen LogP contribution in [0.5, 0.6) is 0 Å². The smallest absolute Gasteiger partial charge is 0.339 e. The third-order valence-corrected chi connectivity index (χ3v) is 5.17. The van der Waals surface area contributed by atoms with Crippen molar-refractivity contribution in [1.29, 1.82) is 5.26 Å². The van der Waals surface area contributed by atoms with E-state index in [2.05, 4.69) is 25.5 Å². The molecule has 1 aromatic rings. The van der Waals surface area contributed by atoms with Gasteiger partial charge in [-0.25, -0.2) is 4.79 Å². The fourth-order valence-corrected chi connectivity index (χ4v) is 3.66. The van der Waals surface area contributed by atoms with Gasteiger partial charge in [0.15, 0.2) is 0 Å². The third kappa shape index (κ3) is 4.97. The molecule has 0 saturated heterocycles. The van der Waals surface area contributed by atoms with Crippen LogP contribution in [0.1, 0.15) is 56.0 Å². The molecule has 0 aliphatic heterocycles. The van der Waals surface area contributed by atoms with Crippen molar-refractivity contribution in [1.82, 2.24) is 4.57 Å². The topological polar surface area (TPSA) is 98.4 Å². The summed E-state index contributed by atoms with van der Waals surface area (Å²) in [5, 5.41) is 9.11. The summed E-state index contributed by atoms with van der Waals surface area (Å²) in [6.45, 7) is 6.02. The van der Waals surface area contributed by atoms with Gasteiger partial charge < -0.3 is 14.0 Å². The second kappa shape index (κ2) is 8.85. The highest BCUT2D eigenvalue weighted by Gasteiger charge is 2.33. The zero-order valence-electron chi connectivity index (χ0n) is 16.2. The van der Waals surface area contributed by atoms with E-state index in [1.54, 1.807) is 6.07 Å². The Morgan fingerprint density at radius 2 is 2.07 bits per heavy atom. The molecule has 0 N–H and O–H groups in total. The van der Waals surface area contributed by atoms with E-state index in [4.69, 9.17) is 10.00 Å². The zero-order valence-corrected chi connectivity index (χ0v) is 16.2. The van der Waals surface area contributed by atoms with Gasteiger partial charge in [0.1, 0.15) is 24.3 Å². The Labute approximate surface area is 158 Å². The van der Waals surface area contributed by atoms with E-state index in [1.165, 1.54) is 13.3 Å². The summed E-state index contributed by atoms with van der Waals surface area (Å²) in [5.41, 5.74) is -0.829. The molecule has 3 atom stereocenters. The Kier molecular flexibility index (Phi) is 6.78. The van der Waals surface area contributed by atoms with E-state index < -0.39 is 17.5 Å². The largest absolute Gasteiger partial charge is 0.465 e. The minimum absolute atomic E-state index is 0.0350. The molecule has 1 saturated carbocycles. The van der Waals surface area contributed by atoms with Gasteiger partial charge in [-0.15, -0.1) is 0 Å². The third-order valence-electron chi connectivity index (χ3n) is 5.17. The van der Waals surface area contributed by atoms with Crippen LogP contribution in [0.25, 0.3) is 0 Å². The van der Waals surface area contributed by atoms with Crippen molar-refractivity contribution in [3.05, 3.63) is 33.7 Å². The number of aromatic nitrogens is 1. The van der Waals surface area contributed by atoms with E-state index in [1.807, 2.05) is 0 Å². The van der Waals surface area contributed by atoms with E-state index >= 15 is 0 Å². The molecular formula is C20H26N2O5. The standard InChI is InChI=1S/C20H26N2O5/c1-12(2)16-6-5-13(3)7-17(16)27-18(23)11-22-10-15(20(25)26-4)8-14(9-21)19(22)24/h8,10,12-13,16-17H,5-7,11H2,1-4H3. The van der Waals surface area contributed by atoms with Gasteiger partial charge >= 0.3 is 11.9 Å². The molecular weight excluding hydrogens is 348 g/mol. The Balaban J connectivity index is 2.20. The Hall–Kier alpha value is -2.62. The lowest BCUT2D eigenvalue weighted by atomic mass is 9.75. The van der Waals surface area contributed by atoms with Gasteiger partial charge in [-0.1, -0.05) is 27.2 Å². The SMILES string of the molecule is COC(=O)c1cc(C#N)c(=O)n(CC(=O)OC2CC(C)CCC2C(C)C)c1. The van der Waals surface area contributed by atoms with Crippen molar-refractivity contribution in [2.24, 2.45) is 17.8 Å². The molecule has 0 radical (unpaired) electrons. The maximum Gasteiger partial charge on any atom is 0.339 e. The fourth-order valence-electron chi connectivity index (χ4n) is 3.66. The van der Waals surface area contributed by atoms with Gasteiger partial charge in [0.2, 0.25) is 0 Å². The predicted molar refractivity (Wildman–Crippen MR) is 98.0 cm³/mol. The van der Waals surface area contributed by atoms with Crippen LogP contribution < -0.4 is 5.56 Å². The second-order valence-corrected chi connectivity index (χ2v) is 7.53. The second-order valence-electron chi connectivity index (χ2n) is 7.53. The Morgan fingerprint density at radius 1 is 1.37 bits per heavy atom. The molecule has 1 heterocycles. The van der Waals surface area contributed by atoms with Crippen LogP contribution in [0.15, 0.2) is 17.1 Å². The lowest BCUT2D eigenvalue weighted by Gasteiger charge is -2.36. The lowest BCUT2D eigenvalue weighted by molar-refractivity contribution is -0.156. The van der Waals surface area contributed by atoms with Crippen molar-refractivity contribution in [3.63, 3.8) is 0 Å². The van der Waals surface area contributed by atoms with Crippen molar-refractivity contribution >= 4 is 11.9 Å². The monoisotopic (exact) mass is 374 g/mol. The highest BCUT2D eigenvalue weighted by atomic mass is 16.5. The van der Waals surface area contributed by atoms with Crippen molar-refractivity contribution in [3.8, 4) is 6.07 Å². The lowest BCUT2D eigenvalue weighted by Crippen LogP contribution is -2.37. The number of hydrogen-bond donors (Lipinski definition) is 0. The van der Waals surface area contributed by atoms with Crippen molar-refractivity contribution < 1.29 is 19.1 Å². The van der Waals surface area contributed by atoms with Gasteiger partial charge in [0.05, 0.1) is 12.7 Å². The number of carbonyl (C=O) groups excluding carboxylic acids is 2. The van der Waals surface area contributed by atoms with Crippen LogP contribution >= 0.6 is 0 Å². The summed E-state index contributed by atoms with van der Waals surface area (Å²) in [7, 11) is 1.20. The molecule has 146 valence electrons. The molecule has 0 aromatic carbocycles. The molecule has 0 amide bonds. The molecule has 1 aliphatic carbocycles. The first kappa shape index (κ1) is 20.7. The summed E-state index contributed by atoms with van der Waals surface area (Å²) in [6, 6.07) is 2.90. The molecule has 27 heavy (non-hydrogen) atoms. The molecule has 0 spiro atoms. The molecule has 1 aliphatic rings. The van der Waals surface area contributed by atoms with Gasteiger partial charge in [-0.05, 0) is 36.7 Å². The molecule has 1 aromatic heterocycles. The maximum absolute atomic E-state index is 12.5. The first-order valence-corrected chi connectivity index (χ1v) is 9.19. The first-order chi connectivity index (χ1) is 12.8. The van der Waals surface area contributed by atoms with Crippen molar-refractivity contribution in [2.75, 3.05) is 7.11 Å². The average molecular weight is 374 g/mol. The number of methoxy groups -OCH3 is 1. The molecule has 2 rings (SSSR count). The number of nitriles is 1. The summed E-state index contributed by atoms with van der Waals surface area (Å²) in [5.74, 6) is -0.0699. The molecule has 7 nitrogen and oxygen atoms in total. The number of esters is 2. The number of carbonyl (C=O) groups is 2. The summed E-state index contributed by atoms with van der Waals surface area (Å²) < 4.78 is 11.4. The maximum atomic E-state index is 12.5. The van der Waals surface area contributed by atoms with Crippen LogP contribution in [0, 0.1) is 29.1 Å². The number of pyridine rings is 1. The normalized spacial score (nSPS) is 22.1. The number of rotatable bonds is 5. The molecule has 1 fully saturated rings. The first-order valence-electron chi connectivity index (χ1n) is 9.19. The average Bonchev–Trinajstić information content (AvgIpc) is 2.62. The van der Waals surface area contributed by atoms with Crippen LogP contribution in [0.4, 0.5) is 0 Å². The summed E-state index contributed by atoms with van der Waals surface area (Å²) in [6.07, 6.45) is 3.96. The van der Waals surface area contributed by atoms with Crippen molar-refractivity contribution in [2.45, 2.75) is 52.7 Å². The van der Waals surface area contributed by atoms with Crippen LogP contribution in [-0.2, 0) is 20.8 Å². The molecule has 3 unspecified atom stereocenters. The highest BCUT2D eigenvalue weighted by molar-refractivity contribution is 5.89. The van der Waals surface area contributed by atoms with E-state index in [-0.39, 0.29) is 29.7 Å². The minimum Gasteiger partial charge on any atom is -0.465 e.